The number of diazo groups is 1. The second-order valence-corrected chi connectivity index (χ2v) is 8.19. The minimum atomic E-state index is 0.0310. The SMILES string of the molecule is C=C(C)[C@@H]1CC=C(C(/C(=N/c2c(C)cccc2C)N[N+]#N)N2CCCC2)CC1. The van der Waals surface area contributed by atoms with E-state index in [-0.39, 0.29) is 6.04 Å². The van der Waals surface area contributed by atoms with Crippen LogP contribution in [0, 0.1) is 25.2 Å². The zero-order chi connectivity index (χ0) is 20.1. The highest BCUT2D eigenvalue weighted by molar-refractivity contribution is 5.93. The van der Waals surface area contributed by atoms with E-state index in [1.54, 1.807) is 0 Å². The average molecular weight is 379 g/mol. The Balaban J connectivity index is 2.01. The molecule has 1 aliphatic heterocycles. The van der Waals surface area contributed by atoms with E-state index in [2.05, 4.69) is 61.0 Å². The summed E-state index contributed by atoms with van der Waals surface area (Å²) in [6.07, 6.45) is 7.94. The van der Waals surface area contributed by atoms with Gasteiger partial charge < -0.3 is 0 Å². The number of nitrogens with zero attached hydrogens (tertiary/aromatic N) is 4. The van der Waals surface area contributed by atoms with Gasteiger partial charge in [-0.25, -0.2) is 4.99 Å². The molecule has 1 N–H and O–H groups in total. The largest absolute Gasteiger partial charge is 0.309 e. The van der Waals surface area contributed by atoms with Crippen molar-refractivity contribution in [2.75, 3.05) is 13.1 Å². The molecule has 3 rings (SSSR count). The molecule has 5 heteroatoms. The number of aliphatic imine (C=N–C) groups is 1. The van der Waals surface area contributed by atoms with Crippen molar-refractivity contribution in [3.05, 3.63) is 58.2 Å². The van der Waals surface area contributed by atoms with Crippen LogP contribution in [0.5, 0.6) is 0 Å². The quantitative estimate of drug-likeness (QED) is 0.243. The van der Waals surface area contributed by atoms with Gasteiger partial charge in [-0.15, -0.1) is 0 Å². The third kappa shape index (κ3) is 4.51. The van der Waals surface area contributed by atoms with Crippen LogP contribution in [-0.2, 0) is 0 Å². The molecule has 0 spiro atoms. The Bertz CT molecular complexity index is 804. The molecule has 0 radical (unpaired) electrons. The van der Waals surface area contributed by atoms with Crippen molar-refractivity contribution in [3.63, 3.8) is 0 Å². The lowest BCUT2D eigenvalue weighted by molar-refractivity contribution is 0.312. The molecule has 1 saturated heterocycles. The maximum atomic E-state index is 9.34. The highest BCUT2D eigenvalue weighted by Crippen LogP contribution is 2.33. The van der Waals surface area contributed by atoms with Crippen molar-refractivity contribution in [3.8, 4) is 0 Å². The van der Waals surface area contributed by atoms with Crippen molar-refractivity contribution in [2.24, 2.45) is 10.9 Å². The number of amidine groups is 1. The fourth-order valence-corrected chi connectivity index (χ4v) is 4.43. The lowest BCUT2D eigenvalue weighted by Crippen LogP contribution is -2.45. The van der Waals surface area contributed by atoms with E-state index in [4.69, 9.17) is 4.99 Å². The van der Waals surface area contributed by atoms with Crippen molar-refractivity contribution in [1.29, 1.82) is 5.39 Å². The van der Waals surface area contributed by atoms with Gasteiger partial charge in [0.05, 0.1) is 11.7 Å². The minimum absolute atomic E-state index is 0.0310. The second kappa shape index (κ2) is 9.16. The van der Waals surface area contributed by atoms with E-state index < -0.39 is 0 Å². The molecule has 1 aromatic rings. The first-order valence-corrected chi connectivity index (χ1v) is 10.3. The van der Waals surface area contributed by atoms with Crippen LogP contribution in [0.3, 0.4) is 0 Å². The summed E-state index contributed by atoms with van der Waals surface area (Å²) in [6.45, 7) is 12.5. The van der Waals surface area contributed by atoms with Gasteiger partial charge in [-0.1, -0.05) is 36.4 Å². The van der Waals surface area contributed by atoms with Crippen LogP contribution in [0.2, 0.25) is 0 Å². The fraction of sp³-hybridized carbons (Fsp3) is 0.522. The van der Waals surface area contributed by atoms with Gasteiger partial charge in [-0.3, -0.25) is 4.90 Å². The molecular formula is C23H32N5+. The molecule has 0 saturated carbocycles. The molecule has 28 heavy (non-hydrogen) atoms. The molecule has 0 bridgehead atoms. The Morgan fingerprint density at radius 2 is 1.96 bits per heavy atom. The Hall–Kier alpha value is -2.45. The van der Waals surface area contributed by atoms with Gasteiger partial charge in [0, 0.05) is 5.43 Å². The van der Waals surface area contributed by atoms with Gasteiger partial charge in [0.15, 0.2) is 0 Å². The molecule has 1 heterocycles. The Kier molecular flexibility index (Phi) is 6.64. The number of allylic oxidation sites excluding steroid dienone is 2. The smallest absolute Gasteiger partial charge is 0.290 e. The molecule has 5 nitrogen and oxygen atoms in total. The molecule has 148 valence electrons. The molecule has 2 atom stereocenters. The number of para-hydroxylation sites is 1. The second-order valence-electron chi connectivity index (χ2n) is 8.19. The summed E-state index contributed by atoms with van der Waals surface area (Å²) < 4.78 is 0. The van der Waals surface area contributed by atoms with E-state index in [1.165, 1.54) is 24.0 Å². The predicted molar refractivity (Wildman–Crippen MR) is 116 cm³/mol. The van der Waals surface area contributed by atoms with Gasteiger partial charge in [-0.05, 0) is 88.6 Å². The Morgan fingerprint density at radius 3 is 2.50 bits per heavy atom. The van der Waals surface area contributed by atoms with Crippen molar-refractivity contribution >= 4 is 11.5 Å². The normalized spacial score (nSPS) is 21.7. The van der Waals surface area contributed by atoms with Crippen LogP contribution < -0.4 is 5.43 Å². The van der Waals surface area contributed by atoms with Crippen molar-refractivity contribution in [1.82, 2.24) is 10.3 Å². The minimum Gasteiger partial charge on any atom is -0.290 e. The van der Waals surface area contributed by atoms with E-state index in [1.807, 2.05) is 6.07 Å². The highest BCUT2D eigenvalue weighted by atomic mass is 15.4. The molecule has 1 unspecified atom stereocenters. The van der Waals surface area contributed by atoms with Gasteiger partial charge in [-0.2, -0.15) is 0 Å². The number of aryl methyl sites for hydroxylation is 2. The topological polar surface area (TPSA) is 55.8 Å². The zero-order valence-electron chi connectivity index (χ0n) is 17.4. The van der Waals surface area contributed by atoms with Crippen LogP contribution in [-0.4, -0.2) is 29.9 Å². The van der Waals surface area contributed by atoms with Gasteiger partial charge in [0.2, 0.25) is 5.84 Å². The van der Waals surface area contributed by atoms with E-state index in [0.717, 1.165) is 49.2 Å². The van der Waals surface area contributed by atoms with Crippen molar-refractivity contribution in [2.45, 2.75) is 58.9 Å². The maximum absolute atomic E-state index is 9.34. The van der Waals surface area contributed by atoms with Crippen LogP contribution in [0.15, 0.2) is 47.0 Å². The number of benzene rings is 1. The summed E-state index contributed by atoms with van der Waals surface area (Å²) >= 11 is 0. The van der Waals surface area contributed by atoms with Crippen molar-refractivity contribution < 1.29 is 0 Å². The van der Waals surface area contributed by atoms with E-state index in [9.17, 15) is 5.39 Å². The molecular weight excluding hydrogens is 346 g/mol. The molecule has 1 aliphatic carbocycles. The lowest BCUT2D eigenvalue weighted by atomic mass is 9.82. The molecule has 0 aromatic heterocycles. The summed E-state index contributed by atoms with van der Waals surface area (Å²) in [5.74, 6) is 1.28. The number of hydrogen-bond donors (Lipinski definition) is 1. The number of likely N-dealkylation sites (tertiary alicyclic amines) is 1. The number of hydrogen-bond acceptors (Lipinski definition) is 3. The highest BCUT2D eigenvalue weighted by Gasteiger charge is 2.34. The van der Waals surface area contributed by atoms with Crippen LogP contribution in [0.1, 0.15) is 50.2 Å². The predicted octanol–water partition coefficient (Wildman–Crippen LogP) is 5.46. The lowest BCUT2D eigenvalue weighted by Gasteiger charge is -2.32. The first kappa shape index (κ1) is 20.3. The fourth-order valence-electron chi connectivity index (χ4n) is 4.43. The molecule has 1 fully saturated rings. The third-order valence-electron chi connectivity index (χ3n) is 6.10. The molecule has 1 aromatic carbocycles. The Morgan fingerprint density at radius 1 is 1.29 bits per heavy atom. The monoisotopic (exact) mass is 378 g/mol. The van der Waals surface area contributed by atoms with Crippen LogP contribution in [0.4, 0.5) is 5.69 Å². The average Bonchev–Trinajstić information content (AvgIpc) is 3.19. The van der Waals surface area contributed by atoms with E-state index >= 15 is 0 Å². The van der Waals surface area contributed by atoms with E-state index in [0.29, 0.717) is 11.8 Å². The molecule has 0 amide bonds. The zero-order valence-corrected chi connectivity index (χ0v) is 17.4. The third-order valence-corrected chi connectivity index (χ3v) is 6.10. The van der Waals surface area contributed by atoms with Gasteiger partial charge >= 0.3 is 5.08 Å². The van der Waals surface area contributed by atoms with Crippen LogP contribution >= 0.6 is 0 Å². The summed E-state index contributed by atoms with van der Waals surface area (Å²) in [7, 11) is 0. The summed E-state index contributed by atoms with van der Waals surface area (Å²) in [6, 6.07) is 6.22. The molecule has 2 aliphatic rings. The number of nitrogens with one attached hydrogen (secondary N) is 1. The summed E-state index contributed by atoms with van der Waals surface area (Å²) in [5, 5.41) is 12.6. The van der Waals surface area contributed by atoms with Gasteiger partial charge in [0.25, 0.3) is 5.39 Å². The standard InChI is InChI=1S/C23H32N5/c1-16(2)19-10-12-20(13-11-19)22(28-14-5-6-15-28)23(26-27-24)25-21-17(3)8-7-9-18(21)4/h7-9,12,19,22H,1,5-6,10-11,13-15H2,2-4H3,(H,25,26)/q+1/t19-,22?/m1/s1. The first-order valence-electron chi connectivity index (χ1n) is 10.3. The summed E-state index contributed by atoms with van der Waals surface area (Å²) in [4.78, 5) is 7.44. The number of rotatable bonds is 5. The van der Waals surface area contributed by atoms with Crippen LogP contribution in [0.25, 0.3) is 5.08 Å². The Labute approximate surface area is 168 Å². The van der Waals surface area contributed by atoms with Gasteiger partial charge in [0.1, 0.15) is 0 Å². The summed E-state index contributed by atoms with van der Waals surface area (Å²) in [5.41, 5.74) is 8.66. The maximum Gasteiger partial charge on any atom is 0.309 e. The first-order chi connectivity index (χ1) is 13.5.